The van der Waals surface area contributed by atoms with Gasteiger partial charge in [0.15, 0.2) is 0 Å². The molecule has 0 bridgehead atoms. The van der Waals surface area contributed by atoms with Gasteiger partial charge in [-0.1, -0.05) is 44.2 Å². The highest BCUT2D eigenvalue weighted by molar-refractivity contribution is 7.64. The van der Waals surface area contributed by atoms with Crippen molar-refractivity contribution in [2.24, 2.45) is 0 Å². The molecule has 2 N–H and O–H groups in total. The molecule has 1 unspecified atom stereocenters. The Labute approximate surface area is 197 Å². The highest BCUT2D eigenvalue weighted by atomic mass is 31.2. The Hall–Kier alpha value is -3.24. The lowest BCUT2D eigenvalue weighted by molar-refractivity contribution is -0.138. The fraction of sp³-hybridized carbons (Fsp3) is 0.280. The van der Waals surface area contributed by atoms with Crippen molar-refractivity contribution in [3.63, 3.8) is 0 Å². The first kappa shape index (κ1) is 25.4. The van der Waals surface area contributed by atoms with E-state index in [4.69, 9.17) is 14.6 Å². The van der Waals surface area contributed by atoms with Gasteiger partial charge in [0.1, 0.15) is 17.3 Å². The van der Waals surface area contributed by atoms with Crippen LogP contribution in [0.3, 0.4) is 0 Å². The van der Waals surface area contributed by atoms with Crippen molar-refractivity contribution in [2.75, 3.05) is 13.3 Å². The molecule has 3 rings (SSSR count). The average Bonchev–Trinajstić information content (AvgIpc) is 3.18. The molecule has 0 aliphatic rings. The topological polar surface area (TPSA) is 102 Å². The summed E-state index contributed by atoms with van der Waals surface area (Å²) in [6, 6.07) is 15.3. The molecule has 2 aromatic carbocycles. The number of aromatic nitrogens is 2. The SMILES string of the molecule is COP(=O)(C#Cc1c(C(C)C)nc(-c2ccccc2)n1-c1ccc(F)cc1)C[C@@H](O)CC(=O)O. The van der Waals surface area contributed by atoms with Crippen LogP contribution < -0.4 is 0 Å². The summed E-state index contributed by atoms with van der Waals surface area (Å²) < 4.78 is 33.7. The summed E-state index contributed by atoms with van der Waals surface area (Å²) in [6.45, 7) is 3.90. The lowest BCUT2D eigenvalue weighted by Gasteiger charge is -2.14. The summed E-state index contributed by atoms with van der Waals surface area (Å²) in [7, 11) is -2.48. The van der Waals surface area contributed by atoms with Gasteiger partial charge in [-0.05, 0) is 41.8 Å². The maximum Gasteiger partial charge on any atom is 0.305 e. The number of aliphatic hydroxyl groups is 1. The number of carboxylic acids is 1. The number of rotatable bonds is 8. The molecule has 0 saturated carbocycles. The minimum atomic E-state index is -3.69. The van der Waals surface area contributed by atoms with Crippen molar-refractivity contribution < 1.29 is 28.5 Å². The van der Waals surface area contributed by atoms with Crippen molar-refractivity contribution in [3.8, 4) is 28.7 Å². The van der Waals surface area contributed by atoms with Crippen LogP contribution in [-0.2, 0) is 13.9 Å². The van der Waals surface area contributed by atoms with E-state index in [1.54, 1.807) is 16.7 Å². The molecule has 0 radical (unpaired) electrons. The Morgan fingerprint density at radius 2 is 1.82 bits per heavy atom. The molecule has 1 aromatic heterocycles. The molecule has 34 heavy (non-hydrogen) atoms. The molecular weight excluding hydrogens is 458 g/mol. The van der Waals surface area contributed by atoms with E-state index in [2.05, 4.69) is 11.6 Å². The van der Waals surface area contributed by atoms with Crippen LogP contribution >= 0.6 is 7.37 Å². The number of imidazole rings is 1. The Bertz CT molecular complexity index is 1260. The molecule has 9 heteroatoms. The van der Waals surface area contributed by atoms with E-state index in [1.807, 2.05) is 44.2 Å². The lowest BCUT2D eigenvalue weighted by atomic mass is 10.1. The summed E-state index contributed by atoms with van der Waals surface area (Å²) >= 11 is 0. The Morgan fingerprint density at radius 3 is 2.38 bits per heavy atom. The van der Waals surface area contributed by atoms with Gasteiger partial charge in [0.25, 0.3) is 7.37 Å². The average molecular weight is 484 g/mol. The Balaban J connectivity index is 2.20. The second-order valence-corrected chi connectivity index (χ2v) is 10.3. The Morgan fingerprint density at radius 1 is 1.18 bits per heavy atom. The minimum Gasteiger partial charge on any atom is -0.481 e. The maximum atomic E-state index is 13.7. The van der Waals surface area contributed by atoms with E-state index < -0.39 is 37.8 Å². The molecule has 178 valence electrons. The van der Waals surface area contributed by atoms with Gasteiger partial charge in [0.05, 0.1) is 24.4 Å². The number of aliphatic carboxylic acids is 1. The van der Waals surface area contributed by atoms with Crippen LogP contribution in [0.5, 0.6) is 0 Å². The zero-order valence-electron chi connectivity index (χ0n) is 19.1. The first-order valence-corrected chi connectivity index (χ1v) is 12.5. The van der Waals surface area contributed by atoms with Crippen LogP contribution in [0.25, 0.3) is 17.1 Å². The van der Waals surface area contributed by atoms with Gasteiger partial charge in [-0.2, -0.15) is 0 Å². The number of carboxylic acid groups (broad SMARTS) is 1. The third kappa shape index (κ3) is 6.00. The predicted molar refractivity (Wildman–Crippen MR) is 128 cm³/mol. The molecule has 2 atom stereocenters. The van der Waals surface area contributed by atoms with Crippen LogP contribution in [0, 0.1) is 17.4 Å². The molecule has 0 aliphatic heterocycles. The van der Waals surface area contributed by atoms with E-state index in [9.17, 15) is 18.9 Å². The number of hydrogen-bond donors (Lipinski definition) is 2. The summed E-state index contributed by atoms with van der Waals surface area (Å²) in [5.74, 6) is 1.85. The largest absolute Gasteiger partial charge is 0.481 e. The van der Waals surface area contributed by atoms with Gasteiger partial charge in [0.2, 0.25) is 0 Å². The molecule has 0 aliphatic carbocycles. The number of hydrogen-bond acceptors (Lipinski definition) is 5. The van der Waals surface area contributed by atoms with E-state index in [1.165, 1.54) is 19.2 Å². The van der Waals surface area contributed by atoms with Crippen molar-refractivity contribution in [3.05, 3.63) is 71.8 Å². The van der Waals surface area contributed by atoms with Gasteiger partial charge < -0.3 is 14.7 Å². The van der Waals surface area contributed by atoms with Crippen molar-refractivity contribution in [1.82, 2.24) is 9.55 Å². The zero-order chi connectivity index (χ0) is 24.9. The predicted octanol–water partition coefficient (Wildman–Crippen LogP) is 4.87. The van der Waals surface area contributed by atoms with Crippen LogP contribution in [0.4, 0.5) is 4.39 Å². The smallest absolute Gasteiger partial charge is 0.305 e. The molecule has 3 aromatic rings. The number of nitrogens with zero attached hydrogens (tertiary/aromatic N) is 2. The van der Waals surface area contributed by atoms with E-state index in [0.717, 1.165) is 5.56 Å². The van der Waals surface area contributed by atoms with Gasteiger partial charge in [-0.25, -0.2) is 9.37 Å². The van der Waals surface area contributed by atoms with E-state index in [-0.39, 0.29) is 5.92 Å². The van der Waals surface area contributed by atoms with E-state index >= 15 is 0 Å². The second kappa shape index (κ2) is 10.8. The van der Waals surface area contributed by atoms with Crippen LogP contribution in [0.2, 0.25) is 0 Å². The number of aliphatic hydroxyl groups excluding tert-OH is 1. The Kier molecular flexibility index (Phi) is 8.06. The number of halogens is 1. The molecule has 0 saturated heterocycles. The third-order valence-corrected chi connectivity index (χ3v) is 7.01. The highest BCUT2D eigenvalue weighted by Crippen LogP contribution is 2.46. The highest BCUT2D eigenvalue weighted by Gasteiger charge is 2.26. The van der Waals surface area contributed by atoms with Crippen molar-refractivity contribution in [2.45, 2.75) is 32.3 Å². The van der Waals surface area contributed by atoms with Gasteiger partial charge in [0, 0.05) is 18.4 Å². The van der Waals surface area contributed by atoms with Gasteiger partial charge >= 0.3 is 5.97 Å². The second-order valence-electron chi connectivity index (χ2n) is 8.03. The molecule has 0 amide bonds. The van der Waals surface area contributed by atoms with Crippen molar-refractivity contribution >= 4 is 13.3 Å². The quantitative estimate of drug-likeness (QED) is 0.349. The standard InChI is InChI=1S/C25H26FN2O5P/c1-17(2)24-22(13-14-34(32,33-3)16-21(29)15-23(30)31)28(20-11-9-19(26)10-12-20)25(27-24)18-7-5-4-6-8-18/h4-12,17,21,29H,15-16H2,1-3H3,(H,30,31)/t21-,34?/m0/s1. The molecule has 0 spiro atoms. The van der Waals surface area contributed by atoms with Crippen molar-refractivity contribution in [1.29, 1.82) is 0 Å². The van der Waals surface area contributed by atoms with Gasteiger partial charge in [-0.15, -0.1) is 0 Å². The monoisotopic (exact) mass is 484 g/mol. The summed E-state index contributed by atoms with van der Waals surface area (Å²) in [5, 5.41) is 18.9. The first-order valence-electron chi connectivity index (χ1n) is 10.7. The summed E-state index contributed by atoms with van der Waals surface area (Å²) in [6.07, 6.45) is -2.36. The first-order chi connectivity index (χ1) is 16.1. The molecule has 0 fully saturated rings. The fourth-order valence-electron chi connectivity index (χ4n) is 3.43. The number of benzene rings is 2. The molecular formula is C25H26FN2O5P. The third-order valence-electron chi connectivity index (χ3n) is 5.07. The van der Waals surface area contributed by atoms with Crippen LogP contribution in [-0.4, -0.2) is 45.1 Å². The molecule has 1 heterocycles. The molecule has 7 nitrogen and oxygen atoms in total. The summed E-state index contributed by atoms with van der Waals surface area (Å²) in [4.78, 5) is 15.7. The number of carbonyl (C=O) groups is 1. The van der Waals surface area contributed by atoms with Gasteiger partial charge in [-0.3, -0.25) is 13.9 Å². The van der Waals surface area contributed by atoms with E-state index in [0.29, 0.717) is 22.9 Å². The summed E-state index contributed by atoms with van der Waals surface area (Å²) in [5.41, 5.74) is 5.16. The lowest BCUT2D eigenvalue weighted by Crippen LogP contribution is -2.17. The van der Waals surface area contributed by atoms with Crippen LogP contribution in [0.15, 0.2) is 54.6 Å². The normalized spacial score (nSPS) is 13.7. The van der Waals surface area contributed by atoms with Crippen LogP contribution in [0.1, 0.15) is 37.6 Å². The minimum absolute atomic E-state index is 0.0482. The maximum absolute atomic E-state index is 13.7. The fourth-order valence-corrected chi connectivity index (χ4v) is 4.72. The zero-order valence-corrected chi connectivity index (χ0v) is 20.0.